The lowest BCUT2D eigenvalue weighted by molar-refractivity contribution is 0.0640. The highest BCUT2D eigenvalue weighted by Crippen LogP contribution is 2.42. The first-order valence-electron chi connectivity index (χ1n) is 10.3. The number of benzene rings is 2. The second kappa shape index (κ2) is 8.31. The molecule has 0 bridgehead atoms. The largest absolute Gasteiger partial charge is 0.508 e. The molecule has 2 heterocycles. The minimum atomic E-state index is -1.00. The van der Waals surface area contributed by atoms with Gasteiger partial charge in [0.15, 0.2) is 5.58 Å². The van der Waals surface area contributed by atoms with Gasteiger partial charge in [-0.05, 0) is 44.6 Å². The molecule has 8 nitrogen and oxygen atoms in total. The van der Waals surface area contributed by atoms with Gasteiger partial charge in [-0.15, -0.1) is 0 Å². The third kappa shape index (κ3) is 3.94. The van der Waals surface area contributed by atoms with Crippen molar-refractivity contribution in [1.82, 2.24) is 0 Å². The fourth-order valence-corrected chi connectivity index (χ4v) is 3.71. The third-order valence-electron chi connectivity index (χ3n) is 5.63. The Morgan fingerprint density at radius 1 is 1.12 bits per heavy atom. The molecule has 0 unspecified atom stereocenters. The van der Waals surface area contributed by atoms with Crippen molar-refractivity contribution >= 4 is 17.0 Å². The minimum Gasteiger partial charge on any atom is -0.508 e. The number of fused-ring (bicyclic) bond motifs is 3. The summed E-state index contributed by atoms with van der Waals surface area (Å²) < 4.78 is 12.0. The van der Waals surface area contributed by atoms with Crippen LogP contribution in [-0.2, 0) is 6.42 Å². The maximum Gasteiger partial charge on any atom is 0.200 e. The quantitative estimate of drug-likeness (QED) is 0.372. The van der Waals surface area contributed by atoms with Crippen LogP contribution in [0, 0.1) is 0 Å². The standard InChI is InChI=1S/C25H24O8/c1-13(11-26)3-5-17-22(31)21-19(30)10-20-16(7-8-25(2,12-27)33-20)24(21)32-23(17)15-6-4-14(28)9-18(15)29/h3-4,6-10,26-30H,5,11-12H2,1-2H3/b13-3-/t25-/m0/s1. The summed E-state index contributed by atoms with van der Waals surface area (Å²) in [6.07, 6.45) is 5.01. The molecule has 1 aliphatic heterocycles. The van der Waals surface area contributed by atoms with Crippen LogP contribution in [0.4, 0.5) is 0 Å². The second-order valence-corrected chi connectivity index (χ2v) is 8.27. The summed E-state index contributed by atoms with van der Waals surface area (Å²) in [6, 6.07) is 5.21. The number of hydrogen-bond donors (Lipinski definition) is 5. The van der Waals surface area contributed by atoms with Crippen LogP contribution in [0.3, 0.4) is 0 Å². The van der Waals surface area contributed by atoms with E-state index in [9.17, 15) is 30.3 Å². The molecule has 1 aromatic heterocycles. The van der Waals surface area contributed by atoms with Crippen molar-refractivity contribution in [2.45, 2.75) is 25.9 Å². The third-order valence-corrected chi connectivity index (χ3v) is 5.63. The number of hydrogen-bond acceptors (Lipinski definition) is 8. The van der Waals surface area contributed by atoms with E-state index < -0.39 is 11.0 Å². The van der Waals surface area contributed by atoms with Crippen LogP contribution in [-0.4, -0.2) is 44.3 Å². The Morgan fingerprint density at radius 2 is 1.88 bits per heavy atom. The number of aliphatic hydroxyl groups is 2. The van der Waals surface area contributed by atoms with E-state index in [1.54, 1.807) is 32.1 Å². The van der Waals surface area contributed by atoms with Crippen molar-refractivity contribution in [3.8, 4) is 34.3 Å². The molecule has 0 amide bonds. The van der Waals surface area contributed by atoms with Crippen LogP contribution in [0.1, 0.15) is 25.0 Å². The molecule has 33 heavy (non-hydrogen) atoms. The fourth-order valence-electron chi connectivity index (χ4n) is 3.71. The Balaban J connectivity index is 2.06. The van der Waals surface area contributed by atoms with Crippen LogP contribution in [0.2, 0.25) is 0 Å². The number of aliphatic hydroxyl groups excluding tert-OH is 2. The van der Waals surface area contributed by atoms with Crippen molar-refractivity contribution in [2.75, 3.05) is 13.2 Å². The van der Waals surface area contributed by atoms with E-state index in [1.807, 2.05) is 0 Å². The number of phenols is 3. The Bertz CT molecular complexity index is 1370. The molecular weight excluding hydrogens is 428 g/mol. The van der Waals surface area contributed by atoms with E-state index >= 15 is 0 Å². The molecule has 8 heteroatoms. The molecule has 1 atom stereocenters. The average Bonchev–Trinajstić information content (AvgIpc) is 2.77. The van der Waals surface area contributed by atoms with Crippen molar-refractivity contribution in [2.24, 2.45) is 0 Å². The summed E-state index contributed by atoms with van der Waals surface area (Å²) >= 11 is 0. The fraction of sp³-hybridized carbons (Fsp3) is 0.240. The molecular formula is C25H24O8. The predicted molar refractivity (Wildman–Crippen MR) is 123 cm³/mol. The summed E-state index contributed by atoms with van der Waals surface area (Å²) in [6.45, 7) is 2.88. The molecule has 0 saturated carbocycles. The minimum absolute atomic E-state index is 0.0540. The van der Waals surface area contributed by atoms with Crippen LogP contribution in [0.25, 0.3) is 28.4 Å². The molecule has 0 fully saturated rings. The lowest BCUT2D eigenvalue weighted by atomic mass is 9.96. The van der Waals surface area contributed by atoms with Crippen LogP contribution in [0.15, 0.2) is 51.2 Å². The highest BCUT2D eigenvalue weighted by Gasteiger charge is 2.30. The highest BCUT2D eigenvalue weighted by molar-refractivity contribution is 5.95. The summed E-state index contributed by atoms with van der Waals surface area (Å²) in [7, 11) is 0. The first-order valence-corrected chi connectivity index (χ1v) is 10.3. The van der Waals surface area contributed by atoms with Gasteiger partial charge < -0.3 is 34.7 Å². The van der Waals surface area contributed by atoms with Gasteiger partial charge in [-0.3, -0.25) is 4.79 Å². The molecule has 0 aliphatic carbocycles. The molecule has 2 aromatic carbocycles. The smallest absolute Gasteiger partial charge is 0.200 e. The topological polar surface area (TPSA) is 141 Å². The average molecular weight is 452 g/mol. The van der Waals surface area contributed by atoms with E-state index in [1.165, 1.54) is 18.2 Å². The monoisotopic (exact) mass is 452 g/mol. The van der Waals surface area contributed by atoms with Crippen molar-refractivity contribution in [3.63, 3.8) is 0 Å². The van der Waals surface area contributed by atoms with Gasteiger partial charge in [0.2, 0.25) is 5.43 Å². The molecule has 5 N–H and O–H groups in total. The summed E-state index contributed by atoms with van der Waals surface area (Å²) in [5.41, 5.74) is -0.0889. The van der Waals surface area contributed by atoms with Gasteiger partial charge in [-0.2, -0.15) is 0 Å². The Labute approximate surface area is 188 Å². The molecule has 0 spiro atoms. The summed E-state index contributed by atoms with van der Waals surface area (Å²) in [5, 5.41) is 49.7. The number of allylic oxidation sites excluding steroid dienone is 1. The van der Waals surface area contributed by atoms with E-state index in [-0.39, 0.29) is 70.5 Å². The maximum atomic E-state index is 13.5. The number of aromatic hydroxyl groups is 3. The second-order valence-electron chi connectivity index (χ2n) is 8.27. The molecule has 0 saturated heterocycles. The Morgan fingerprint density at radius 3 is 2.55 bits per heavy atom. The van der Waals surface area contributed by atoms with Crippen molar-refractivity contribution in [3.05, 3.63) is 63.3 Å². The number of ether oxygens (including phenoxy) is 1. The SMILES string of the molecule is C/C(=C/Cc1c(-c2ccc(O)cc2O)oc2c3c(cc(O)c2c1=O)O[C@](C)(CO)C=C3)CO. The number of phenolic OH excluding ortho intramolecular Hbond substituents is 3. The van der Waals surface area contributed by atoms with Gasteiger partial charge in [-0.25, -0.2) is 0 Å². The summed E-state index contributed by atoms with van der Waals surface area (Å²) in [5.74, 6) is -0.518. The molecule has 3 aromatic rings. The van der Waals surface area contributed by atoms with E-state index in [0.717, 1.165) is 6.07 Å². The van der Waals surface area contributed by atoms with Crippen molar-refractivity contribution < 1.29 is 34.7 Å². The van der Waals surface area contributed by atoms with E-state index in [0.29, 0.717) is 11.1 Å². The van der Waals surface area contributed by atoms with Gasteiger partial charge >= 0.3 is 0 Å². The van der Waals surface area contributed by atoms with Gasteiger partial charge in [0, 0.05) is 17.7 Å². The summed E-state index contributed by atoms with van der Waals surface area (Å²) in [4.78, 5) is 13.5. The van der Waals surface area contributed by atoms with E-state index in [4.69, 9.17) is 9.15 Å². The molecule has 4 rings (SSSR count). The first kappa shape index (κ1) is 22.4. The Kier molecular flexibility index (Phi) is 5.65. The van der Waals surface area contributed by atoms with Gasteiger partial charge in [-0.1, -0.05) is 11.6 Å². The molecule has 1 aliphatic rings. The van der Waals surface area contributed by atoms with Crippen molar-refractivity contribution in [1.29, 1.82) is 0 Å². The van der Waals surface area contributed by atoms with Crippen LogP contribution < -0.4 is 10.2 Å². The van der Waals surface area contributed by atoms with Crippen LogP contribution >= 0.6 is 0 Å². The zero-order valence-corrected chi connectivity index (χ0v) is 18.1. The van der Waals surface area contributed by atoms with E-state index in [2.05, 4.69) is 0 Å². The zero-order valence-electron chi connectivity index (χ0n) is 18.1. The van der Waals surface area contributed by atoms with Gasteiger partial charge in [0.05, 0.1) is 24.3 Å². The molecule has 172 valence electrons. The van der Waals surface area contributed by atoms with Crippen LogP contribution in [0.5, 0.6) is 23.0 Å². The highest BCUT2D eigenvalue weighted by atomic mass is 16.5. The lowest BCUT2D eigenvalue weighted by Crippen LogP contribution is -2.35. The van der Waals surface area contributed by atoms with Gasteiger partial charge in [0.25, 0.3) is 0 Å². The maximum absolute atomic E-state index is 13.5. The lowest BCUT2D eigenvalue weighted by Gasteiger charge is -2.30. The molecule has 0 radical (unpaired) electrons. The Hall–Kier alpha value is -3.75. The zero-order chi connectivity index (χ0) is 23.9. The van der Waals surface area contributed by atoms with Gasteiger partial charge in [0.1, 0.15) is 39.7 Å². The predicted octanol–water partition coefficient (Wildman–Crippen LogP) is 3.21. The first-order chi connectivity index (χ1) is 15.7. The number of rotatable bonds is 5. The normalized spacial score (nSPS) is 17.8.